The fraction of sp³-hybridized carbons (Fsp3) is 0.375. The fourth-order valence-corrected chi connectivity index (χ4v) is 3.53. The first-order chi connectivity index (χ1) is 15.5. The molecule has 0 aromatic heterocycles. The Bertz CT molecular complexity index is 953. The van der Waals surface area contributed by atoms with Gasteiger partial charge in [0.2, 0.25) is 0 Å². The molecule has 1 aliphatic heterocycles. The maximum Gasteiger partial charge on any atom is 0.325 e. The molecule has 170 valence electrons. The third kappa shape index (κ3) is 6.47. The predicted molar refractivity (Wildman–Crippen MR) is 124 cm³/mol. The number of hydrogen-bond donors (Lipinski definition) is 3. The van der Waals surface area contributed by atoms with E-state index >= 15 is 0 Å². The lowest BCUT2D eigenvalue weighted by molar-refractivity contribution is -0.141. The second kappa shape index (κ2) is 11.2. The van der Waals surface area contributed by atoms with Crippen molar-refractivity contribution in [2.24, 2.45) is 0 Å². The van der Waals surface area contributed by atoms with E-state index in [2.05, 4.69) is 20.9 Å². The van der Waals surface area contributed by atoms with Gasteiger partial charge in [0.1, 0.15) is 6.54 Å². The average molecular weight is 439 g/mol. The Morgan fingerprint density at radius 1 is 1.00 bits per heavy atom. The number of anilines is 2. The van der Waals surface area contributed by atoms with E-state index in [0.717, 1.165) is 42.7 Å². The third-order valence-corrected chi connectivity index (χ3v) is 5.23. The number of benzene rings is 2. The van der Waals surface area contributed by atoms with Crippen molar-refractivity contribution < 1.29 is 19.1 Å². The normalized spacial score (nSPS) is 12.9. The smallest absolute Gasteiger partial charge is 0.325 e. The van der Waals surface area contributed by atoms with E-state index in [1.807, 2.05) is 37.3 Å². The quantitative estimate of drug-likeness (QED) is 0.550. The van der Waals surface area contributed by atoms with E-state index in [1.165, 1.54) is 0 Å². The van der Waals surface area contributed by atoms with E-state index in [-0.39, 0.29) is 19.1 Å². The van der Waals surface area contributed by atoms with Crippen molar-refractivity contribution in [1.82, 2.24) is 10.6 Å². The lowest BCUT2D eigenvalue weighted by Crippen LogP contribution is -2.34. The molecule has 2 aromatic carbocycles. The van der Waals surface area contributed by atoms with Crippen LogP contribution in [0.15, 0.2) is 42.5 Å². The first-order valence-corrected chi connectivity index (χ1v) is 10.9. The number of hydrogen-bond acceptors (Lipinski definition) is 5. The lowest BCUT2D eigenvalue weighted by atomic mass is 10.1. The van der Waals surface area contributed by atoms with Crippen molar-refractivity contribution in [2.75, 3.05) is 36.5 Å². The van der Waals surface area contributed by atoms with Crippen LogP contribution in [0.2, 0.25) is 0 Å². The van der Waals surface area contributed by atoms with Crippen molar-refractivity contribution in [3.05, 3.63) is 59.2 Å². The van der Waals surface area contributed by atoms with Crippen molar-refractivity contribution in [3.8, 4) is 0 Å². The minimum Gasteiger partial charge on any atom is -0.465 e. The molecule has 0 atom stereocenters. The SMILES string of the molecule is CCOC(=O)CNC(=O)Nc1cc(C(=O)NCc2ccc(C)cc2)ccc1N1CCCC1. The van der Waals surface area contributed by atoms with Gasteiger partial charge in [0.05, 0.1) is 18.0 Å². The van der Waals surface area contributed by atoms with Gasteiger partial charge in [-0.05, 0) is 50.5 Å². The van der Waals surface area contributed by atoms with Gasteiger partial charge in [0.25, 0.3) is 5.91 Å². The third-order valence-electron chi connectivity index (χ3n) is 5.23. The summed E-state index contributed by atoms with van der Waals surface area (Å²) in [6, 6.07) is 12.7. The van der Waals surface area contributed by atoms with Crippen LogP contribution in [0, 0.1) is 6.92 Å². The molecule has 1 fully saturated rings. The Morgan fingerprint density at radius 2 is 1.72 bits per heavy atom. The predicted octanol–water partition coefficient (Wildman–Crippen LogP) is 3.21. The highest BCUT2D eigenvalue weighted by atomic mass is 16.5. The number of urea groups is 1. The standard InChI is InChI=1S/C24H30N4O4/c1-3-32-22(29)16-26-24(31)27-20-14-19(10-11-21(20)28-12-4-5-13-28)23(30)25-15-18-8-6-17(2)7-9-18/h6-11,14H,3-5,12-13,15-16H2,1-2H3,(H,25,30)(H2,26,27,31). The molecule has 0 spiro atoms. The van der Waals surface area contributed by atoms with Crippen LogP contribution >= 0.6 is 0 Å². The highest BCUT2D eigenvalue weighted by Crippen LogP contribution is 2.30. The minimum absolute atomic E-state index is 0.227. The molecular formula is C24H30N4O4. The van der Waals surface area contributed by atoms with Gasteiger partial charge in [0.15, 0.2) is 0 Å². The molecule has 8 heteroatoms. The Morgan fingerprint density at radius 3 is 2.41 bits per heavy atom. The van der Waals surface area contributed by atoms with Gasteiger partial charge in [-0.15, -0.1) is 0 Å². The molecule has 3 amide bonds. The van der Waals surface area contributed by atoms with Crippen molar-refractivity contribution in [3.63, 3.8) is 0 Å². The molecule has 0 aliphatic carbocycles. The van der Waals surface area contributed by atoms with E-state index in [1.54, 1.807) is 19.1 Å². The van der Waals surface area contributed by atoms with Gasteiger partial charge >= 0.3 is 12.0 Å². The van der Waals surface area contributed by atoms with Gasteiger partial charge in [0, 0.05) is 25.2 Å². The Labute approximate surface area is 188 Å². The van der Waals surface area contributed by atoms with Crippen molar-refractivity contribution >= 4 is 29.3 Å². The van der Waals surface area contributed by atoms with Crippen LogP contribution in [0.5, 0.6) is 0 Å². The van der Waals surface area contributed by atoms with Crippen LogP contribution < -0.4 is 20.9 Å². The molecule has 32 heavy (non-hydrogen) atoms. The number of amides is 3. The van der Waals surface area contributed by atoms with Crippen LogP contribution in [0.3, 0.4) is 0 Å². The number of aryl methyl sites for hydroxylation is 1. The summed E-state index contributed by atoms with van der Waals surface area (Å²) >= 11 is 0. The number of nitrogens with one attached hydrogen (secondary N) is 3. The molecule has 0 bridgehead atoms. The first-order valence-electron chi connectivity index (χ1n) is 10.9. The molecule has 3 rings (SSSR count). The maximum absolute atomic E-state index is 12.7. The number of ether oxygens (including phenoxy) is 1. The molecule has 8 nitrogen and oxygen atoms in total. The Kier molecular flexibility index (Phi) is 8.08. The van der Waals surface area contributed by atoms with E-state index in [0.29, 0.717) is 17.8 Å². The number of carbonyl (C=O) groups excluding carboxylic acids is 3. The van der Waals surface area contributed by atoms with Crippen LogP contribution in [0.25, 0.3) is 0 Å². The summed E-state index contributed by atoms with van der Waals surface area (Å²) in [5, 5.41) is 8.19. The summed E-state index contributed by atoms with van der Waals surface area (Å²) in [4.78, 5) is 38.8. The van der Waals surface area contributed by atoms with Crippen molar-refractivity contribution in [1.29, 1.82) is 0 Å². The summed E-state index contributed by atoms with van der Waals surface area (Å²) in [6.45, 7) is 5.93. The zero-order valence-electron chi connectivity index (χ0n) is 18.6. The number of rotatable bonds is 8. The van der Waals surface area contributed by atoms with E-state index in [4.69, 9.17) is 4.74 Å². The fourth-order valence-electron chi connectivity index (χ4n) is 3.53. The second-order valence-electron chi connectivity index (χ2n) is 7.71. The average Bonchev–Trinajstić information content (AvgIpc) is 3.32. The van der Waals surface area contributed by atoms with Gasteiger partial charge < -0.3 is 25.6 Å². The molecule has 1 aliphatic rings. The summed E-state index contributed by atoms with van der Waals surface area (Å²) in [7, 11) is 0. The summed E-state index contributed by atoms with van der Waals surface area (Å²) in [5.41, 5.74) is 3.99. The highest BCUT2D eigenvalue weighted by Gasteiger charge is 2.19. The van der Waals surface area contributed by atoms with E-state index in [9.17, 15) is 14.4 Å². The van der Waals surface area contributed by atoms with E-state index < -0.39 is 12.0 Å². The van der Waals surface area contributed by atoms with Crippen LogP contribution in [0.1, 0.15) is 41.3 Å². The molecule has 0 unspecified atom stereocenters. The maximum atomic E-state index is 12.7. The van der Waals surface area contributed by atoms with Crippen LogP contribution in [-0.2, 0) is 16.1 Å². The van der Waals surface area contributed by atoms with Crippen molar-refractivity contribution in [2.45, 2.75) is 33.2 Å². The number of esters is 1. The molecule has 0 radical (unpaired) electrons. The zero-order chi connectivity index (χ0) is 22.9. The summed E-state index contributed by atoms with van der Waals surface area (Å²) in [5.74, 6) is -0.736. The van der Waals surface area contributed by atoms with Crippen LogP contribution in [0.4, 0.5) is 16.2 Å². The summed E-state index contributed by atoms with van der Waals surface area (Å²) < 4.78 is 4.83. The topological polar surface area (TPSA) is 99.8 Å². The largest absolute Gasteiger partial charge is 0.465 e. The minimum atomic E-state index is -0.532. The first kappa shape index (κ1) is 23.1. The van der Waals surface area contributed by atoms with Gasteiger partial charge in [-0.2, -0.15) is 0 Å². The Balaban J connectivity index is 1.70. The highest BCUT2D eigenvalue weighted by molar-refractivity contribution is 6.00. The van der Waals surface area contributed by atoms with Gasteiger partial charge in [-0.3, -0.25) is 9.59 Å². The van der Waals surface area contributed by atoms with Crippen LogP contribution in [-0.4, -0.2) is 44.1 Å². The summed E-state index contributed by atoms with van der Waals surface area (Å²) in [6.07, 6.45) is 2.15. The lowest BCUT2D eigenvalue weighted by Gasteiger charge is -2.22. The van der Waals surface area contributed by atoms with Gasteiger partial charge in [-0.1, -0.05) is 29.8 Å². The molecule has 1 saturated heterocycles. The molecular weight excluding hydrogens is 408 g/mol. The molecule has 0 saturated carbocycles. The second-order valence-corrected chi connectivity index (χ2v) is 7.71. The Hall–Kier alpha value is -3.55. The molecule has 2 aromatic rings. The number of nitrogens with zero attached hydrogens (tertiary/aromatic N) is 1. The monoisotopic (exact) mass is 438 g/mol. The van der Waals surface area contributed by atoms with Gasteiger partial charge in [-0.25, -0.2) is 4.79 Å². The number of carbonyl (C=O) groups is 3. The zero-order valence-corrected chi connectivity index (χ0v) is 18.6. The molecule has 1 heterocycles. The molecule has 3 N–H and O–H groups in total.